The quantitative estimate of drug-likeness (QED) is 0.0343. The highest BCUT2D eigenvalue weighted by Gasteiger charge is 2.19. The van der Waals surface area contributed by atoms with Crippen LogP contribution < -0.4 is 0 Å². The summed E-state index contributed by atoms with van der Waals surface area (Å²) in [7, 11) is 0. The van der Waals surface area contributed by atoms with Crippen molar-refractivity contribution in [1.29, 1.82) is 0 Å². The molecule has 0 rings (SSSR count). The minimum atomic E-state index is -0.761. The molecule has 0 aromatic heterocycles. The lowest BCUT2D eigenvalue weighted by atomic mass is 10.0. The van der Waals surface area contributed by atoms with Crippen LogP contribution in [0.5, 0.6) is 0 Å². The van der Waals surface area contributed by atoms with Crippen LogP contribution in [0.2, 0.25) is 0 Å². The van der Waals surface area contributed by atoms with Gasteiger partial charge in [0.05, 0.1) is 0 Å². The molecule has 0 saturated heterocycles. The molecule has 0 aliphatic rings. The van der Waals surface area contributed by atoms with Crippen LogP contribution in [0.1, 0.15) is 380 Å². The predicted molar refractivity (Wildman–Crippen MR) is 307 cm³/mol. The Morgan fingerprint density at radius 1 is 0.225 bits per heavy atom. The average Bonchev–Trinajstić information content (AvgIpc) is 3.37. The van der Waals surface area contributed by atoms with E-state index in [0.29, 0.717) is 19.3 Å². The summed E-state index contributed by atoms with van der Waals surface area (Å²) in [6.45, 7) is 6.72. The Balaban J connectivity index is 4.14. The maximum absolute atomic E-state index is 12.9. The first-order valence-corrected chi connectivity index (χ1v) is 32.5. The van der Waals surface area contributed by atoms with Crippen molar-refractivity contribution in [3.8, 4) is 0 Å². The number of esters is 3. The molecule has 0 heterocycles. The molecule has 422 valence electrons. The zero-order chi connectivity index (χ0) is 51.4. The third-order valence-electron chi connectivity index (χ3n) is 15.1. The Hall–Kier alpha value is -1.59. The van der Waals surface area contributed by atoms with Crippen LogP contribution >= 0.6 is 0 Å². The van der Waals surface area contributed by atoms with Crippen molar-refractivity contribution in [2.75, 3.05) is 13.2 Å². The van der Waals surface area contributed by atoms with E-state index in [9.17, 15) is 14.4 Å². The summed E-state index contributed by atoms with van der Waals surface area (Å²) in [6.07, 6.45) is 69.8. The summed E-state index contributed by atoms with van der Waals surface area (Å²) in [4.78, 5) is 38.2. The van der Waals surface area contributed by atoms with Gasteiger partial charge < -0.3 is 14.2 Å². The maximum Gasteiger partial charge on any atom is 0.306 e. The summed E-state index contributed by atoms with van der Waals surface area (Å²) >= 11 is 0. The standard InChI is InChI=1S/C65H126O6/c1-4-7-10-13-16-19-22-25-27-28-29-30-31-32-33-34-35-36-37-38-41-43-46-49-52-55-58-64(67)70-61-62(60-69-63(66)57-54-51-48-45-42-39-24-21-18-15-12-9-6-3)71-65(68)59-56-53-50-47-44-40-26-23-20-17-14-11-8-5-2/h62H,4-61H2,1-3H3. The van der Waals surface area contributed by atoms with Crippen molar-refractivity contribution in [1.82, 2.24) is 0 Å². The maximum atomic E-state index is 12.9. The summed E-state index contributed by atoms with van der Waals surface area (Å²) < 4.78 is 16.9. The number of carbonyl (C=O) groups excluding carboxylic acids is 3. The topological polar surface area (TPSA) is 78.9 Å². The molecule has 0 fully saturated rings. The Morgan fingerprint density at radius 2 is 0.380 bits per heavy atom. The minimum Gasteiger partial charge on any atom is -0.462 e. The molecule has 0 N–H and O–H groups in total. The van der Waals surface area contributed by atoms with E-state index in [4.69, 9.17) is 14.2 Å². The first-order chi connectivity index (χ1) is 35.0. The smallest absolute Gasteiger partial charge is 0.306 e. The van der Waals surface area contributed by atoms with Gasteiger partial charge in [0.25, 0.3) is 0 Å². The normalized spacial score (nSPS) is 11.9. The number of rotatable bonds is 61. The van der Waals surface area contributed by atoms with Crippen LogP contribution in [0.4, 0.5) is 0 Å². The van der Waals surface area contributed by atoms with E-state index < -0.39 is 6.10 Å². The predicted octanol–water partition coefficient (Wildman–Crippen LogP) is 21.9. The van der Waals surface area contributed by atoms with E-state index in [1.807, 2.05) is 0 Å². The molecule has 0 spiro atoms. The van der Waals surface area contributed by atoms with Crippen LogP contribution in [-0.4, -0.2) is 37.2 Å². The van der Waals surface area contributed by atoms with Crippen molar-refractivity contribution in [2.24, 2.45) is 0 Å². The summed E-state index contributed by atoms with van der Waals surface area (Å²) in [5.41, 5.74) is 0. The highest BCUT2D eigenvalue weighted by Crippen LogP contribution is 2.19. The third kappa shape index (κ3) is 59.2. The van der Waals surface area contributed by atoms with E-state index in [-0.39, 0.29) is 31.1 Å². The van der Waals surface area contributed by atoms with Crippen LogP contribution in [0.15, 0.2) is 0 Å². The van der Waals surface area contributed by atoms with Gasteiger partial charge in [0.15, 0.2) is 6.10 Å². The highest BCUT2D eigenvalue weighted by molar-refractivity contribution is 5.71. The molecular weight excluding hydrogens is 877 g/mol. The molecule has 71 heavy (non-hydrogen) atoms. The Kier molecular flexibility index (Phi) is 59.6. The molecule has 6 nitrogen and oxygen atoms in total. The van der Waals surface area contributed by atoms with Crippen LogP contribution in [0.3, 0.4) is 0 Å². The zero-order valence-corrected chi connectivity index (χ0v) is 48.5. The van der Waals surface area contributed by atoms with Gasteiger partial charge in [0, 0.05) is 19.3 Å². The van der Waals surface area contributed by atoms with Gasteiger partial charge in [-0.15, -0.1) is 0 Å². The van der Waals surface area contributed by atoms with Crippen molar-refractivity contribution in [2.45, 2.75) is 386 Å². The van der Waals surface area contributed by atoms with Crippen molar-refractivity contribution >= 4 is 17.9 Å². The number of ether oxygens (including phenoxy) is 3. The lowest BCUT2D eigenvalue weighted by molar-refractivity contribution is -0.167. The molecule has 0 aliphatic heterocycles. The SMILES string of the molecule is CCCCCCCCCCCCCCCCCCCCCCCCCCCCC(=O)OCC(COC(=O)CCCCCCCCCCCCCCC)OC(=O)CCCCCCCCCCCCCCCC. The lowest BCUT2D eigenvalue weighted by Crippen LogP contribution is -2.30. The van der Waals surface area contributed by atoms with E-state index in [1.165, 1.54) is 283 Å². The van der Waals surface area contributed by atoms with Gasteiger partial charge in [-0.05, 0) is 19.3 Å². The molecule has 0 aromatic carbocycles. The lowest BCUT2D eigenvalue weighted by Gasteiger charge is -2.18. The first kappa shape index (κ1) is 69.4. The fraction of sp³-hybridized carbons (Fsp3) is 0.954. The summed E-state index contributed by atoms with van der Waals surface area (Å²) in [5, 5.41) is 0. The Bertz CT molecular complexity index is 1060. The second-order valence-corrected chi connectivity index (χ2v) is 22.4. The monoisotopic (exact) mass is 1000 g/mol. The van der Waals surface area contributed by atoms with E-state index in [2.05, 4.69) is 20.8 Å². The third-order valence-corrected chi connectivity index (χ3v) is 15.1. The molecular formula is C65H126O6. The number of hydrogen-bond acceptors (Lipinski definition) is 6. The van der Waals surface area contributed by atoms with Gasteiger partial charge in [-0.3, -0.25) is 14.4 Å². The van der Waals surface area contributed by atoms with E-state index in [0.717, 1.165) is 57.8 Å². The fourth-order valence-corrected chi connectivity index (χ4v) is 10.2. The second kappa shape index (κ2) is 61.0. The van der Waals surface area contributed by atoms with E-state index >= 15 is 0 Å². The van der Waals surface area contributed by atoms with Crippen molar-refractivity contribution < 1.29 is 28.6 Å². The van der Waals surface area contributed by atoms with Crippen LogP contribution in [0.25, 0.3) is 0 Å². The first-order valence-electron chi connectivity index (χ1n) is 32.5. The van der Waals surface area contributed by atoms with E-state index in [1.54, 1.807) is 0 Å². The second-order valence-electron chi connectivity index (χ2n) is 22.4. The minimum absolute atomic E-state index is 0.0607. The summed E-state index contributed by atoms with van der Waals surface area (Å²) in [6, 6.07) is 0. The van der Waals surface area contributed by atoms with Gasteiger partial charge in [-0.25, -0.2) is 0 Å². The zero-order valence-electron chi connectivity index (χ0n) is 48.5. The van der Waals surface area contributed by atoms with Gasteiger partial charge >= 0.3 is 17.9 Å². The molecule has 1 atom stereocenters. The van der Waals surface area contributed by atoms with Gasteiger partial charge in [0.1, 0.15) is 13.2 Å². The van der Waals surface area contributed by atoms with Crippen molar-refractivity contribution in [3.63, 3.8) is 0 Å². The molecule has 0 saturated carbocycles. The van der Waals surface area contributed by atoms with Crippen LogP contribution in [-0.2, 0) is 28.6 Å². The molecule has 0 aliphatic carbocycles. The molecule has 0 bridgehead atoms. The molecule has 0 aromatic rings. The highest BCUT2D eigenvalue weighted by atomic mass is 16.6. The molecule has 1 unspecified atom stereocenters. The molecule has 0 radical (unpaired) electrons. The number of carbonyl (C=O) groups is 3. The Labute approximate surface area is 444 Å². The Morgan fingerprint density at radius 3 is 0.563 bits per heavy atom. The van der Waals surface area contributed by atoms with Crippen LogP contribution in [0, 0.1) is 0 Å². The largest absolute Gasteiger partial charge is 0.462 e. The van der Waals surface area contributed by atoms with Gasteiger partial charge in [-0.2, -0.15) is 0 Å². The molecule has 0 amide bonds. The fourth-order valence-electron chi connectivity index (χ4n) is 10.2. The molecule has 6 heteroatoms. The average molecular weight is 1000 g/mol. The number of unbranched alkanes of at least 4 members (excludes halogenated alkanes) is 50. The van der Waals surface area contributed by atoms with Gasteiger partial charge in [0.2, 0.25) is 0 Å². The summed E-state index contributed by atoms with van der Waals surface area (Å²) in [5.74, 6) is -0.827. The van der Waals surface area contributed by atoms with Crippen molar-refractivity contribution in [3.05, 3.63) is 0 Å². The van der Waals surface area contributed by atoms with Gasteiger partial charge in [-0.1, -0.05) is 342 Å². The number of hydrogen-bond donors (Lipinski definition) is 0.